The van der Waals surface area contributed by atoms with E-state index < -0.39 is 0 Å². The standard InChI is InChI=1S/C26H29N7O2/c1-14-11-15(2)23-20(12-14)33-26(35-23)32-18-5-3-16(4-6-18)22(27)21-24(28)29-13-30-25(21)31-17-7-9-19(34)10-8-17/h3-6,11-13,17,19,27,34H,7-10H2,1-2H3,(H,32,33)(H3,28,29,30,31). The van der Waals surface area contributed by atoms with Gasteiger partial charge in [0.05, 0.1) is 17.4 Å². The second-order valence-corrected chi connectivity index (χ2v) is 9.16. The average Bonchev–Trinajstić information content (AvgIpc) is 3.23. The molecule has 0 spiro atoms. The number of aliphatic hydroxyl groups is 1. The van der Waals surface area contributed by atoms with Crippen LogP contribution in [-0.4, -0.2) is 37.9 Å². The van der Waals surface area contributed by atoms with Crippen LogP contribution < -0.4 is 16.4 Å². The van der Waals surface area contributed by atoms with Crippen molar-refractivity contribution in [3.8, 4) is 0 Å². The first-order valence-electron chi connectivity index (χ1n) is 11.8. The third kappa shape index (κ3) is 4.81. The number of aliphatic hydroxyl groups excluding tert-OH is 1. The molecule has 0 saturated heterocycles. The highest BCUT2D eigenvalue weighted by Gasteiger charge is 2.23. The van der Waals surface area contributed by atoms with E-state index in [2.05, 4.69) is 31.7 Å². The highest BCUT2D eigenvalue weighted by molar-refractivity contribution is 6.16. The highest BCUT2D eigenvalue weighted by atomic mass is 16.4. The molecule has 4 aromatic rings. The number of nitrogen functional groups attached to an aromatic ring is 1. The zero-order valence-electron chi connectivity index (χ0n) is 19.8. The summed E-state index contributed by atoms with van der Waals surface area (Å²) in [5.74, 6) is 0.797. The maximum absolute atomic E-state index is 9.78. The Balaban J connectivity index is 1.34. The van der Waals surface area contributed by atoms with Crippen LogP contribution in [0.5, 0.6) is 0 Å². The van der Waals surface area contributed by atoms with E-state index in [1.807, 2.05) is 44.2 Å². The Hall–Kier alpha value is -3.98. The monoisotopic (exact) mass is 471 g/mol. The summed E-state index contributed by atoms with van der Waals surface area (Å²) in [7, 11) is 0. The number of nitrogens with zero attached hydrogens (tertiary/aromatic N) is 3. The van der Waals surface area contributed by atoms with Crippen LogP contribution in [0.25, 0.3) is 11.1 Å². The Labute approximate surface area is 203 Å². The summed E-state index contributed by atoms with van der Waals surface area (Å²) < 4.78 is 5.89. The quantitative estimate of drug-likeness (QED) is 0.255. The molecule has 2 aromatic heterocycles. The Morgan fingerprint density at radius 1 is 1.09 bits per heavy atom. The van der Waals surface area contributed by atoms with Gasteiger partial charge in [0.1, 0.15) is 23.5 Å². The van der Waals surface area contributed by atoms with E-state index in [0.717, 1.165) is 53.6 Å². The number of hydrogen-bond donors (Lipinski definition) is 5. The largest absolute Gasteiger partial charge is 0.423 e. The summed E-state index contributed by atoms with van der Waals surface area (Å²) in [6.45, 7) is 4.04. The van der Waals surface area contributed by atoms with E-state index in [1.54, 1.807) is 0 Å². The number of benzene rings is 2. The van der Waals surface area contributed by atoms with E-state index in [0.29, 0.717) is 23.0 Å². The maximum atomic E-state index is 9.78. The minimum Gasteiger partial charge on any atom is -0.423 e. The normalized spacial score (nSPS) is 17.9. The van der Waals surface area contributed by atoms with Gasteiger partial charge >= 0.3 is 0 Å². The van der Waals surface area contributed by atoms with Gasteiger partial charge in [-0.25, -0.2) is 9.97 Å². The second kappa shape index (κ2) is 9.34. The summed E-state index contributed by atoms with van der Waals surface area (Å²) in [6.07, 6.45) is 4.34. The smallest absolute Gasteiger partial charge is 0.300 e. The van der Waals surface area contributed by atoms with E-state index in [4.69, 9.17) is 15.6 Å². The topological polar surface area (TPSA) is 146 Å². The van der Waals surface area contributed by atoms with Crippen LogP contribution in [0.4, 0.5) is 23.3 Å². The number of rotatable bonds is 6. The lowest BCUT2D eigenvalue weighted by Crippen LogP contribution is -2.29. The first-order chi connectivity index (χ1) is 16.9. The van der Waals surface area contributed by atoms with Gasteiger partial charge in [-0.05, 0) is 68.9 Å². The zero-order chi connectivity index (χ0) is 24.5. The molecule has 35 heavy (non-hydrogen) atoms. The van der Waals surface area contributed by atoms with Crippen LogP contribution in [-0.2, 0) is 0 Å². The van der Waals surface area contributed by atoms with Crippen molar-refractivity contribution in [1.29, 1.82) is 5.41 Å². The Morgan fingerprint density at radius 3 is 2.57 bits per heavy atom. The number of anilines is 4. The van der Waals surface area contributed by atoms with Crippen LogP contribution in [0.1, 0.15) is 47.9 Å². The van der Waals surface area contributed by atoms with E-state index in [-0.39, 0.29) is 23.7 Å². The number of aromatic nitrogens is 3. The molecule has 0 bridgehead atoms. The molecule has 0 amide bonds. The molecule has 0 atom stereocenters. The predicted octanol–water partition coefficient (Wildman–Crippen LogP) is 4.69. The lowest BCUT2D eigenvalue weighted by molar-refractivity contribution is 0.126. The van der Waals surface area contributed by atoms with Gasteiger partial charge in [0.25, 0.3) is 6.01 Å². The van der Waals surface area contributed by atoms with Crippen molar-refractivity contribution in [2.45, 2.75) is 51.7 Å². The Morgan fingerprint density at radius 2 is 1.83 bits per heavy atom. The molecule has 9 heteroatoms. The number of fused-ring (bicyclic) bond motifs is 1. The van der Waals surface area contributed by atoms with E-state index >= 15 is 0 Å². The minimum atomic E-state index is -0.240. The molecule has 9 nitrogen and oxygen atoms in total. The summed E-state index contributed by atoms with van der Waals surface area (Å²) in [4.78, 5) is 13.0. The number of hydrogen-bond acceptors (Lipinski definition) is 9. The van der Waals surface area contributed by atoms with Crippen molar-refractivity contribution in [1.82, 2.24) is 15.0 Å². The van der Waals surface area contributed by atoms with Crippen molar-refractivity contribution in [2.75, 3.05) is 16.4 Å². The van der Waals surface area contributed by atoms with Crippen LogP contribution in [0.3, 0.4) is 0 Å². The van der Waals surface area contributed by atoms with Crippen molar-refractivity contribution >= 4 is 40.1 Å². The maximum Gasteiger partial charge on any atom is 0.300 e. The third-order valence-corrected chi connectivity index (χ3v) is 6.41. The fraction of sp³-hybridized carbons (Fsp3) is 0.308. The second-order valence-electron chi connectivity index (χ2n) is 9.16. The molecule has 0 radical (unpaired) electrons. The Bertz CT molecular complexity index is 1370. The van der Waals surface area contributed by atoms with Gasteiger partial charge in [-0.1, -0.05) is 18.2 Å². The average molecular weight is 472 g/mol. The van der Waals surface area contributed by atoms with Gasteiger partial charge in [0, 0.05) is 17.3 Å². The fourth-order valence-electron chi connectivity index (χ4n) is 4.59. The molecule has 180 valence electrons. The molecular weight excluding hydrogens is 442 g/mol. The molecule has 0 unspecified atom stereocenters. The molecule has 2 aromatic carbocycles. The van der Waals surface area contributed by atoms with Gasteiger partial charge in [0.15, 0.2) is 5.58 Å². The zero-order valence-corrected chi connectivity index (χ0v) is 19.8. The number of aryl methyl sites for hydroxylation is 2. The lowest BCUT2D eigenvalue weighted by atomic mass is 9.93. The molecular formula is C26H29N7O2. The lowest BCUT2D eigenvalue weighted by Gasteiger charge is -2.27. The molecule has 0 aliphatic heterocycles. The van der Waals surface area contributed by atoms with Gasteiger partial charge in [-0.2, -0.15) is 4.98 Å². The van der Waals surface area contributed by atoms with Crippen LogP contribution in [0, 0.1) is 19.3 Å². The molecule has 1 aliphatic carbocycles. The minimum absolute atomic E-state index is 0.176. The summed E-state index contributed by atoms with van der Waals surface area (Å²) in [6, 6.07) is 12.1. The molecule has 6 N–H and O–H groups in total. The Kier molecular flexibility index (Phi) is 6.08. The van der Waals surface area contributed by atoms with E-state index in [9.17, 15) is 5.11 Å². The van der Waals surface area contributed by atoms with Crippen LogP contribution in [0.15, 0.2) is 47.1 Å². The molecule has 1 fully saturated rings. The molecule has 2 heterocycles. The van der Waals surface area contributed by atoms with Gasteiger partial charge in [0.2, 0.25) is 0 Å². The van der Waals surface area contributed by atoms with Gasteiger partial charge in [-0.3, -0.25) is 5.41 Å². The van der Waals surface area contributed by atoms with Crippen LogP contribution >= 0.6 is 0 Å². The molecule has 5 rings (SSSR count). The number of oxazole rings is 1. The first kappa shape index (κ1) is 22.8. The summed E-state index contributed by atoms with van der Waals surface area (Å²) in [5, 5.41) is 25.2. The molecule has 1 aliphatic rings. The van der Waals surface area contributed by atoms with Crippen molar-refractivity contribution < 1.29 is 9.52 Å². The van der Waals surface area contributed by atoms with Gasteiger partial charge in [-0.15, -0.1) is 0 Å². The van der Waals surface area contributed by atoms with Crippen LogP contribution in [0.2, 0.25) is 0 Å². The van der Waals surface area contributed by atoms with E-state index in [1.165, 1.54) is 6.33 Å². The van der Waals surface area contributed by atoms with Crippen molar-refractivity contribution in [3.05, 3.63) is 65.0 Å². The third-order valence-electron chi connectivity index (χ3n) is 6.41. The van der Waals surface area contributed by atoms with Crippen molar-refractivity contribution in [2.24, 2.45) is 0 Å². The van der Waals surface area contributed by atoms with Crippen molar-refractivity contribution in [3.63, 3.8) is 0 Å². The summed E-state index contributed by atoms with van der Waals surface area (Å²) in [5.41, 5.74) is 12.1. The predicted molar refractivity (Wildman–Crippen MR) is 137 cm³/mol. The summed E-state index contributed by atoms with van der Waals surface area (Å²) >= 11 is 0. The number of nitrogens with two attached hydrogens (primary N) is 1. The van der Waals surface area contributed by atoms with Gasteiger partial charge < -0.3 is 25.9 Å². The SMILES string of the molecule is Cc1cc(C)c2oc(Nc3ccc(C(=N)c4c(N)ncnc4NC4CCC(O)CC4)cc3)nc2c1. The highest BCUT2D eigenvalue weighted by Crippen LogP contribution is 2.28. The first-order valence-corrected chi connectivity index (χ1v) is 11.8. The fourth-order valence-corrected chi connectivity index (χ4v) is 4.59. The number of nitrogens with one attached hydrogen (secondary N) is 3. The molecule has 1 saturated carbocycles.